The van der Waals surface area contributed by atoms with Crippen LogP contribution < -0.4 is 5.56 Å². The molecule has 2 aromatic rings. The molecular formula is C19H28N4O. The van der Waals surface area contributed by atoms with Gasteiger partial charge in [-0.15, -0.1) is 0 Å². The zero-order valence-corrected chi connectivity index (χ0v) is 14.8. The van der Waals surface area contributed by atoms with Gasteiger partial charge in [0, 0.05) is 42.0 Å². The highest BCUT2D eigenvalue weighted by atomic mass is 16.1. The van der Waals surface area contributed by atoms with E-state index >= 15 is 0 Å². The summed E-state index contributed by atoms with van der Waals surface area (Å²) in [6.07, 6.45) is 8.24. The third kappa shape index (κ3) is 2.90. The van der Waals surface area contributed by atoms with Crippen LogP contribution in [0.5, 0.6) is 0 Å². The third-order valence-corrected chi connectivity index (χ3v) is 6.06. The Labute approximate surface area is 143 Å². The molecule has 3 heterocycles. The van der Waals surface area contributed by atoms with Crippen molar-refractivity contribution >= 4 is 5.65 Å². The summed E-state index contributed by atoms with van der Waals surface area (Å²) in [5.74, 6) is 1.39. The van der Waals surface area contributed by atoms with Crippen LogP contribution >= 0.6 is 0 Å². The Balaban J connectivity index is 1.49. The van der Waals surface area contributed by atoms with Gasteiger partial charge >= 0.3 is 0 Å². The van der Waals surface area contributed by atoms with Gasteiger partial charge in [-0.3, -0.25) is 9.89 Å². The van der Waals surface area contributed by atoms with Crippen LogP contribution in [0.1, 0.15) is 61.4 Å². The first-order valence-electron chi connectivity index (χ1n) is 9.43. The van der Waals surface area contributed by atoms with E-state index in [1.54, 1.807) is 4.52 Å². The molecular weight excluding hydrogens is 300 g/mol. The molecule has 1 N–H and O–H groups in total. The topological polar surface area (TPSA) is 53.4 Å². The first kappa shape index (κ1) is 15.9. The number of H-pyrrole nitrogens is 1. The molecule has 5 heteroatoms. The number of likely N-dealkylation sites (tertiary alicyclic amines) is 1. The largest absolute Gasteiger partial charge is 0.302 e. The van der Waals surface area contributed by atoms with Crippen LogP contribution in [0, 0.1) is 19.8 Å². The lowest BCUT2D eigenvalue weighted by Crippen LogP contribution is -2.28. The van der Waals surface area contributed by atoms with Gasteiger partial charge in [0.05, 0.1) is 0 Å². The molecule has 2 aromatic heterocycles. The van der Waals surface area contributed by atoms with Crippen molar-refractivity contribution in [3.05, 3.63) is 33.4 Å². The van der Waals surface area contributed by atoms with E-state index in [9.17, 15) is 4.79 Å². The molecule has 4 rings (SSSR count). The molecule has 1 atom stereocenters. The quantitative estimate of drug-likeness (QED) is 0.942. The number of fused-ring (bicyclic) bond motifs is 1. The second kappa shape index (κ2) is 6.36. The van der Waals surface area contributed by atoms with Crippen LogP contribution in [0.2, 0.25) is 0 Å². The Kier molecular flexibility index (Phi) is 4.21. The average molecular weight is 328 g/mol. The van der Waals surface area contributed by atoms with Gasteiger partial charge < -0.3 is 4.90 Å². The summed E-state index contributed by atoms with van der Waals surface area (Å²) >= 11 is 0. The predicted molar refractivity (Wildman–Crippen MR) is 95.7 cm³/mol. The Morgan fingerprint density at radius 1 is 1.21 bits per heavy atom. The highest BCUT2D eigenvalue weighted by Gasteiger charge is 2.28. The molecule has 2 fully saturated rings. The average Bonchev–Trinajstić information content (AvgIpc) is 3.20. The molecule has 2 aliphatic rings. The van der Waals surface area contributed by atoms with E-state index in [0.717, 1.165) is 35.1 Å². The summed E-state index contributed by atoms with van der Waals surface area (Å²) in [6.45, 7) is 7.30. The molecule has 0 bridgehead atoms. The van der Waals surface area contributed by atoms with Gasteiger partial charge in [0.15, 0.2) is 5.65 Å². The summed E-state index contributed by atoms with van der Waals surface area (Å²) in [6, 6.07) is 2.07. The van der Waals surface area contributed by atoms with Crippen molar-refractivity contribution in [3.63, 3.8) is 0 Å². The van der Waals surface area contributed by atoms with Crippen LogP contribution in [-0.2, 0) is 0 Å². The predicted octanol–water partition coefficient (Wildman–Crippen LogP) is 3.01. The first-order valence-corrected chi connectivity index (χ1v) is 9.43. The summed E-state index contributed by atoms with van der Waals surface area (Å²) in [5.41, 5.74) is 3.50. The van der Waals surface area contributed by atoms with E-state index in [0.29, 0.717) is 5.92 Å². The minimum absolute atomic E-state index is 0.0285. The highest BCUT2D eigenvalue weighted by Crippen LogP contribution is 2.30. The fourth-order valence-corrected chi connectivity index (χ4v) is 4.43. The van der Waals surface area contributed by atoms with Crippen molar-refractivity contribution in [1.82, 2.24) is 19.5 Å². The molecule has 0 unspecified atom stereocenters. The summed E-state index contributed by atoms with van der Waals surface area (Å²) in [7, 11) is 0. The van der Waals surface area contributed by atoms with E-state index in [4.69, 9.17) is 0 Å². The lowest BCUT2D eigenvalue weighted by Gasteiger charge is -2.26. The number of aromatic nitrogens is 3. The molecule has 0 amide bonds. The smallest absolute Gasteiger partial charge is 0.275 e. The Bertz CT molecular complexity index is 784. The lowest BCUT2D eigenvalue weighted by molar-refractivity contribution is 0.232. The van der Waals surface area contributed by atoms with E-state index < -0.39 is 0 Å². The van der Waals surface area contributed by atoms with Gasteiger partial charge in [-0.25, -0.2) is 9.50 Å². The van der Waals surface area contributed by atoms with Gasteiger partial charge in [-0.2, -0.15) is 0 Å². The standard InChI is InChI=1S/C19H28N4O/c1-13-14(2)20-18-10-17(21-23(18)19(13)24)16-8-9-22(12-16)11-15-6-4-3-5-7-15/h10,15-16,21H,3-9,11-12H2,1-2H3/t16-/m0/s1. The van der Waals surface area contributed by atoms with Gasteiger partial charge in [-0.1, -0.05) is 19.3 Å². The number of aromatic amines is 1. The third-order valence-electron chi connectivity index (χ3n) is 6.06. The highest BCUT2D eigenvalue weighted by molar-refractivity contribution is 5.42. The van der Waals surface area contributed by atoms with E-state index in [2.05, 4.69) is 21.0 Å². The molecule has 0 radical (unpaired) electrons. The summed E-state index contributed by atoms with van der Waals surface area (Å²) < 4.78 is 1.61. The molecule has 130 valence electrons. The van der Waals surface area contributed by atoms with Crippen molar-refractivity contribution < 1.29 is 0 Å². The minimum Gasteiger partial charge on any atom is -0.302 e. The molecule has 1 aliphatic carbocycles. The maximum absolute atomic E-state index is 12.4. The maximum Gasteiger partial charge on any atom is 0.275 e. The van der Waals surface area contributed by atoms with Gasteiger partial charge in [0.1, 0.15) is 0 Å². The fourth-order valence-electron chi connectivity index (χ4n) is 4.43. The molecule has 1 saturated heterocycles. The SMILES string of the molecule is Cc1nc2cc([C@H]3CCN(CC4CCCCC4)C3)[nH]n2c(=O)c1C. The van der Waals surface area contributed by atoms with E-state index in [-0.39, 0.29) is 5.56 Å². The van der Waals surface area contributed by atoms with Crippen molar-refractivity contribution in [2.24, 2.45) is 5.92 Å². The Morgan fingerprint density at radius 2 is 2.00 bits per heavy atom. The fraction of sp³-hybridized carbons (Fsp3) is 0.684. The number of nitrogens with one attached hydrogen (secondary N) is 1. The van der Waals surface area contributed by atoms with Crippen LogP contribution in [0.4, 0.5) is 0 Å². The first-order chi connectivity index (χ1) is 11.6. The number of nitrogens with zero attached hydrogens (tertiary/aromatic N) is 3. The van der Waals surface area contributed by atoms with Crippen LogP contribution in [0.25, 0.3) is 5.65 Å². The van der Waals surface area contributed by atoms with E-state index in [1.165, 1.54) is 51.6 Å². The van der Waals surface area contributed by atoms with Crippen LogP contribution in [-0.4, -0.2) is 39.1 Å². The number of hydrogen-bond acceptors (Lipinski definition) is 3. The number of aryl methyl sites for hydroxylation is 1. The zero-order valence-electron chi connectivity index (χ0n) is 14.8. The van der Waals surface area contributed by atoms with Gasteiger partial charge in [0.25, 0.3) is 5.56 Å². The zero-order chi connectivity index (χ0) is 16.7. The monoisotopic (exact) mass is 328 g/mol. The molecule has 1 saturated carbocycles. The lowest BCUT2D eigenvalue weighted by atomic mass is 9.89. The van der Waals surface area contributed by atoms with Crippen molar-refractivity contribution in [2.45, 2.75) is 58.3 Å². The van der Waals surface area contributed by atoms with Crippen molar-refractivity contribution in [3.8, 4) is 0 Å². The molecule has 5 nitrogen and oxygen atoms in total. The molecule has 0 aromatic carbocycles. The second-order valence-electron chi connectivity index (χ2n) is 7.78. The second-order valence-corrected chi connectivity index (χ2v) is 7.78. The summed E-state index contributed by atoms with van der Waals surface area (Å²) in [5, 5.41) is 3.31. The molecule has 24 heavy (non-hydrogen) atoms. The normalized spacial score (nSPS) is 23.3. The summed E-state index contributed by atoms with van der Waals surface area (Å²) in [4.78, 5) is 19.6. The van der Waals surface area contributed by atoms with Crippen LogP contribution in [0.15, 0.2) is 10.9 Å². The number of hydrogen-bond donors (Lipinski definition) is 1. The van der Waals surface area contributed by atoms with Crippen LogP contribution in [0.3, 0.4) is 0 Å². The van der Waals surface area contributed by atoms with E-state index in [1.807, 2.05) is 13.8 Å². The molecule has 1 aliphatic heterocycles. The Morgan fingerprint density at radius 3 is 2.79 bits per heavy atom. The van der Waals surface area contributed by atoms with Crippen molar-refractivity contribution in [2.75, 3.05) is 19.6 Å². The number of rotatable bonds is 3. The van der Waals surface area contributed by atoms with Crippen molar-refractivity contribution in [1.29, 1.82) is 0 Å². The van der Waals surface area contributed by atoms with Gasteiger partial charge in [0.2, 0.25) is 0 Å². The maximum atomic E-state index is 12.4. The van der Waals surface area contributed by atoms with Gasteiger partial charge in [-0.05, 0) is 45.6 Å². The molecule has 0 spiro atoms. The minimum atomic E-state index is 0.0285. The Hall–Kier alpha value is -1.62.